The fraction of sp³-hybridized carbons (Fsp3) is 0.167. The topological polar surface area (TPSA) is 46.6 Å². The van der Waals surface area contributed by atoms with Gasteiger partial charge in [-0.2, -0.15) is 0 Å². The maximum absolute atomic E-state index is 12.9. The van der Waals surface area contributed by atoms with Gasteiger partial charge in [-0.1, -0.05) is 54.6 Å². The van der Waals surface area contributed by atoms with Crippen molar-refractivity contribution in [2.45, 2.75) is 18.0 Å². The number of carbonyl (C=O) groups is 2. The molecule has 3 rings (SSSR count). The minimum absolute atomic E-state index is 0.163. The van der Waals surface area contributed by atoms with E-state index in [1.165, 1.54) is 0 Å². The van der Waals surface area contributed by atoms with Crippen molar-refractivity contribution in [1.29, 1.82) is 0 Å². The molecule has 0 heterocycles. The van der Waals surface area contributed by atoms with Crippen molar-refractivity contribution in [3.8, 4) is 0 Å². The molecule has 0 bridgehead atoms. The summed E-state index contributed by atoms with van der Waals surface area (Å²) in [5.74, 6) is -0.721. The van der Waals surface area contributed by atoms with Crippen LogP contribution in [0.2, 0.25) is 0 Å². The summed E-state index contributed by atoms with van der Waals surface area (Å²) >= 11 is 1.66. The van der Waals surface area contributed by atoms with Gasteiger partial charge in [-0.15, -0.1) is 11.8 Å². The van der Waals surface area contributed by atoms with Crippen molar-refractivity contribution in [3.05, 3.63) is 101 Å². The second kappa shape index (κ2) is 9.94. The first-order chi connectivity index (χ1) is 14.1. The molecule has 3 aromatic rings. The molecular weight excluding hydrogens is 382 g/mol. The molecule has 0 saturated heterocycles. The Balaban J connectivity index is 1.69. The molecule has 0 aliphatic rings. The van der Waals surface area contributed by atoms with Gasteiger partial charge in [0.15, 0.2) is 0 Å². The van der Waals surface area contributed by atoms with Crippen LogP contribution in [0.3, 0.4) is 0 Å². The van der Waals surface area contributed by atoms with E-state index in [-0.39, 0.29) is 18.1 Å². The number of benzene rings is 3. The third-order valence-corrected chi connectivity index (χ3v) is 5.26. The number of hydrogen-bond acceptors (Lipinski definition) is 4. The first kappa shape index (κ1) is 20.7. The highest BCUT2D eigenvalue weighted by Gasteiger charge is 2.20. The quantitative estimate of drug-likeness (QED) is 0.408. The van der Waals surface area contributed by atoms with Gasteiger partial charge in [-0.25, -0.2) is 4.79 Å². The van der Waals surface area contributed by atoms with Crippen molar-refractivity contribution in [2.75, 3.05) is 13.3 Å². The highest BCUT2D eigenvalue weighted by atomic mass is 32.2. The molecule has 0 radical (unpaired) electrons. The Bertz CT molecular complexity index is 971. The van der Waals surface area contributed by atoms with E-state index in [1.807, 2.05) is 60.9 Å². The Morgan fingerprint density at radius 2 is 1.45 bits per heavy atom. The van der Waals surface area contributed by atoms with Crippen molar-refractivity contribution in [1.82, 2.24) is 4.90 Å². The zero-order valence-corrected chi connectivity index (χ0v) is 17.3. The first-order valence-electron chi connectivity index (χ1n) is 9.27. The normalized spacial score (nSPS) is 10.4. The lowest BCUT2D eigenvalue weighted by molar-refractivity contribution is 0.0467. The van der Waals surface area contributed by atoms with Gasteiger partial charge in [-0.05, 0) is 41.6 Å². The summed E-state index contributed by atoms with van der Waals surface area (Å²) in [7, 11) is 1.73. The van der Waals surface area contributed by atoms with Crippen LogP contribution in [0.15, 0.2) is 83.8 Å². The molecule has 5 heteroatoms. The summed E-state index contributed by atoms with van der Waals surface area (Å²) in [6.07, 6.45) is 2.01. The molecule has 4 nitrogen and oxygen atoms in total. The van der Waals surface area contributed by atoms with E-state index in [2.05, 4.69) is 0 Å². The Kier molecular flexibility index (Phi) is 7.09. The summed E-state index contributed by atoms with van der Waals surface area (Å²) in [4.78, 5) is 28.3. The zero-order valence-electron chi connectivity index (χ0n) is 16.5. The van der Waals surface area contributed by atoms with Crippen LogP contribution in [0, 0.1) is 0 Å². The van der Waals surface area contributed by atoms with Crippen molar-refractivity contribution in [2.24, 2.45) is 0 Å². The maximum Gasteiger partial charge on any atom is 0.339 e. The SMILES string of the molecule is CSc1ccc(COC(=O)c2ccccc2C(=O)N(C)Cc2ccccc2)cc1. The Hall–Kier alpha value is -3.05. The monoisotopic (exact) mass is 405 g/mol. The molecule has 3 aromatic carbocycles. The van der Waals surface area contributed by atoms with E-state index in [4.69, 9.17) is 4.74 Å². The second-order valence-corrected chi connectivity index (χ2v) is 7.50. The smallest absolute Gasteiger partial charge is 0.339 e. The number of rotatable bonds is 7. The van der Waals surface area contributed by atoms with Crippen LogP contribution >= 0.6 is 11.8 Å². The Labute approximate surface area is 175 Å². The number of nitrogens with zero attached hydrogens (tertiary/aromatic N) is 1. The molecule has 29 heavy (non-hydrogen) atoms. The molecular formula is C24H23NO3S. The van der Waals surface area contributed by atoms with Gasteiger partial charge in [0.2, 0.25) is 0 Å². The van der Waals surface area contributed by atoms with E-state index >= 15 is 0 Å². The van der Waals surface area contributed by atoms with Gasteiger partial charge in [-0.3, -0.25) is 4.79 Å². The van der Waals surface area contributed by atoms with E-state index < -0.39 is 5.97 Å². The van der Waals surface area contributed by atoms with Crippen molar-refractivity contribution in [3.63, 3.8) is 0 Å². The number of esters is 1. The van der Waals surface area contributed by atoms with Crippen LogP contribution in [0.1, 0.15) is 31.8 Å². The second-order valence-electron chi connectivity index (χ2n) is 6.62. The minimum Gasteiger partial charge on any atom is -0.457 e. The Morgan fingerprint density at radius 3 is 2.10 bits per heavy atom. The van der Waals surface area contributed by atoms with Crippen LogP contribution in [-0.2, 0) is 17.9 Å². The lowest BCUT2D eigenvalue weighted by Crippen LogP contribution is -2.28. The summed E-state index contributed by atoms with van der Waals surface area (Å²) in [5.41, 5.74) is 2.55. The maximum atomic E-state index is 12.9. The molecule has 0 aliphatic carbocycles. The summed E-state index contributed by atoms with van der Waals surface area (Å²) in [6.45, 7) is 0.626. The fourth-order valence-corrected chi connectivity index (χ4v) is 3.34. The van der Waals surface area contributed by atoms with Crippen LogP contribution in [0.25, 0.3) is 0 Å². The minimum atomic E-state index is -0.504. The standard InChI is InChI=1S/C24H23NO3S/c1-25(16-18-8-4-3-5-9-18)23(26)21-10-6-7-11-22(21)24(27)28-17-19-12-14-20(29-2)15-13-19/h3-15H,16-17H2,1-2H3. The van der Waals surface area contributed by atoms with E-state index in [1.54, 1.807) is 48.0 Å². The lowest BCUT2D eigenvalue weighted by Gasteiger charge is -2.19. The number of hydrogen-bond donors (Lipinski definition) is 0. The third-order valence-electron chi connectivity index (χ3n) is 4.52. The Morgan fingerprint density at radius 1 is 0.828 bits per heavy atom. The summed E-state index contributed by atoms with van der Waals surface area (Å²) in [6, 6.07) is 24.4. The molecule has 1 amide bonds. The zero-order chi connectivity index (χ0) is 20.6. The highest BCUT2D eigenvalue weighted by molar-refractivity contribution is 7.98. The summed E-state index contributed by atoms with van der Waals surface area (Å²) < 4.78 is 5.46. The molecule has 0 spiro atoms. The highest BCUT2D eigenvalue weighted by Crippen LogP contribution is 2.17. The third kappa shape index (κ3) is 5.48. The van der Waals surface area contributed by atoms with Gasteiger partial charge in [0, 0.05) is 18.5 Å². The van der Waals surface area contributed by atoms with Gasteiger partial charge < -0.3 is 9.64 Å². The predicted molar refractivity (Wildman–Crippen MR) is 116 cm³/mol. The van der Waals surface area contributed by atoms with E-state index in [0.29, 0.717) is 12.1 Å². The molecule has 0 N–H and O–H groups in total. The van der Waals surface area contributed by atoms with Crippen LogP contribution in [-0.4, -0.2) is 30.1 Å². The molecule has 0 unspecified atom stereocenters. The van der Waals surface area contributed by atoms with Gasteiger partial charge in [0.1, 0.15) is 6.61 Å². The van der Waals surface area contributed by atoms with Gasteiger partial charge >= 0.3 is 5.97 Å². The molecule has 0 atom stereocenters. The van der Waals surface area contributed by atoms with Crippen LogP contribution < -0.4 is 0 Å². The predicted octanol–water partition coefficient (Wildman–Crippen LogP) is 5.04. The molecule has 0 aromatic heterocycles. The molecule has 0 fully saturated rings. The van der Waals surface area contributed by atoms with E-state index in [0.717, 1.165) is 16.0 Å². The molecule has 0 saturated carbocycles. The fourth-order valence-electron chi connectivity index (χ4n) is 2.93. The largest absolute Gasteiger partial charge is 0.457 e. The van der Waals surface area contributed by atoms with Crippen molar-refractivity contribution >= 4 is 23.6 Å². The number of thioether (sulfide) groups is 1. The first-order valence-corrected chi connectivity index (χ1v) is 10.5. The number of amides is 1. The van der Waals surface area contributed by atoms with Crippen LogP contribution in [0.4, 0.5) is 0 Å². The van der Waals surface area contributed by atoms with Gasteiger partial charge in [0.05, 0.1) is 11.1 Å². The van der Waals surface area contributed by atoms with Crippen LogP contribution in [0.5, 0.6) is 0 Å². The summed E-state index contributed by atoms with van der Waals surface area (Å²) in [5, 5.41) is 0. The average molecular weight is 406 g/mol. The number of carbonyl (C=O) groups excluding carboxylic acids is 2. The lowest BCUT2D eigenvalue weighted by atomic mass is 10.1. The molecule has 0 aliphatic heterocycles. The van der Waals surface area contributed by atoms with E-state index in [9.17, 15) is 9.59 Å². The van der Waals surface area contributed by atoms with Crippen molar-refractivity contribution < 1.29 is 14.3 Å². The van der Waals surface area contributed by atoms with Gasteiger partial charge in [0.25, 0.3) is 5.91 Å². The average Bonchev–Trinajstić information content (AvgIpc) is 2.78. The number of ether oxygens (including phenoxy) is 1. The molecule has 148 valence electrons.